The van der Waals surface area contributed by atoms with Crippen LogP contribution < -0.4 is 9.64 Å². The number of sulfone groups is 1. The van der Waals surface area contributed by atoms with Crippen LogP contribution in [0.2, 0.25) is 0 Å². The molecule has 2 aliphatic heterocycles. The van der Waals surface area contributed by atoms with Gasteiger partial charge in [0.1, 0.15) is 5.75 Å². The second-order valence-electron chi connectivity index (χ2n) is 7.23. The van der Waals surface area contributed by atoms with Gasteiger partial charge in [-0.3, -0.25) is 4.79 Å². The quantitative estimate of drug-likeness (QED) is 0.779. The SMILES string of the molecule is COc1ccc(C)cc1N1C(=NC(=O)CC(C)C)S[C@H]2CS(=O)(=O)C[C@@H]21. The average Bonchev–Trinajstić information content (AvgIpc) is 2.97. The molecule has 2 atom stereocenters. The van der Waals surface area contributed by atoms with Gasteiger partial charge < -0.3 is 9.64 Å². The Morgan fingerprint density at radius 2 is 2.12 bits per heavy atom. The number of anilines is 1. The summed E-state index contributed by atoms with van der Waals surface area (Å²) in [5, 5.41) is 0.459. The van der Waals surface area contributed by atoms with Gasteiger partial charge in [0, 0.05) is 11.7 Å². The third-order valence-corrected chi connectivity index (χ3v) is 7.67. The summed E-state index contributed by atoms with van der Waals surface area (Å²) in [6.07, 6.45) is 0.372. The molecule has 0 radical (unpaired) electrons. The Balaban J connectivity index is 2.05. The molecular formula is C18H24N2O4S2. The number of nitrogens with zero attached hydrogens (tertiary/aromatic N) is 2. The van der Waals surface area contributed by atoms with Gasteiger partial charge in [-0.05, 0) is 30.5 Å². The van der Waals surface area contributed by atoms with Gasteiger partial charge in [-0.2, -0.15) is 4.99 Å². The van der Waals surface area contributed by atoms with Crippen LogP contribution in [-0.4, -0.2) is 49.4 Å². The number of hydrogen-bond donors (Lipinski definition) is 0. The summed E-state index contributed by atoms with van der Waals surface area (Å²) in [6, 6.07) is 5.52. The molecular weight excluding hydrogens is 372 g/mol. The molecule has 0 saturated carbocycles. The van der Waals surface area contributed by atoms with Crippen molar-refractivity contribution in [3.8, 4) is 5.75 Å². The lowest BCUT2D eigenvalue weighted by Gasteiger charge is -2.26. The number of amidine groups is 1. The van der Waals surface area contributed by atoms with E-state index in [0.717, 1.165) is 11.3 Å². The van der Waals surface area contributed by atoms with E-state index in [4.69, 9.17) is 4.74 Å². The first-order valence-corrected chi connectivity index (χ1v) is 11.3. The molecule has 26 heavy (non-hydrogen) atoms. The van der Waals surface area contributed by atoms with Gasteiger partial charge in [0.05, 0.1) is 30.3 Å². The van der Waals surface area contributed by atoms with Gasteiger partial charge in [0.15, 0.2) is 15.0 Å². The predicted octanol–water partition coefficient (Wildman–Crippen LogP) is 2.65. The van der Waals surface area contributed by atoms with E-state index in [-0.39, 0.29) is 34.6 Å². The minimum Gasteiger partial charge on any atom is -0.495 e. The number of fused-ring (bicyclic) bond motifs is 1. The number of ether oxygens (including phenoxy) is 1. The molecule has 0 aliphatic carbocycles. The lowest BCUT2D eigenvalue weighted by molar-refractivity contribution is -0.118. The third-order valence-electron chi connectivity index (χ3n) is 4.46. The van der Waals surface area contributed by atoms with Gasteiger partial charge in [0.2, 0.25) is 5.91 Å². The Labute approximate surface area is 158 Å². The molecule has 0 bridgehead atoms. The number of carbonyl (C=O) groups is 1. The van der Waals surface area contributed by atoms with Crippen molar-refractivity contribution in [1.29, 1.82) is 0 Å². The van der Waals surface area contributed by atoms with Crippen LogP contribution in [0.25, 0.3) is 0 Å². The van der Waals surface area contributed by atoms with E-state index in [1.807, 2.05) is 43.9 Å². The van der Waals surface area contributed by atoms with E-state index in [9.17, 15) is 13.2 Å². The zero-order valence-corrected chi connectivity index (χ0v) is 17.1. The number of thioether (sulfide) groups is 1. The van der Waals surface area contributed by atoms with Gasteiger partial charge in [-0.15, -0.1) is 0 Å². The first-order valence-electron chi connectivity index (χ1n) is 8.62. The number of aliphatic imine (C=N–C) groups is 1. The molecule has 1 aromatic carbocycles. The first kappa shape index (κ1) is 19.2. The summed E-state index contributed by atoms with van der Waals surface area (Å²) in [5.74, 6) is 0.871. The second-order valence-corrected chi connectivity index (χ2v) is 10.6. The Kier molecular flexibility index (Phi) is 5.35. The summed E-state index contributed by atoms with van der Waals surface area (Å²) in [6.45, 7) is 5.92. The highest BCUT2D eigenvalue weighted by molar-refractivity contribution is 8.16. The number of methoxy groups -OCH3 is 1. The maximum absolute atomic E-state index is 12.3. The van der Waals surface area contributed by atoms with Crippen molar-refractivity contribution in [3.63, 3.8) is 0 Å². The molecule has 6 nitrogen and oxygen atoms in total. The smallest absolute Gasteiger partial charge is 0.248 e. The number of rotatable bonds is 4. The van der Waals surface area contributed by atoms with Crippen LogP contribution in [0.5, 0.6) is 5.75 Å². The minimum absolute atomic E-state index is 0.0686. The molecule has 0 N–H and O–H groups in total. The largest absolute Gasteiger partial charge is 0.495 e. The zero-order valence-electron chi connectivity index (χ0n) is 15.4. The molecule has 2 saturated heterocycles. The van der Waals surface area contributed by atoms with Crippen LogP contribution in [0.3, 0.4) is 0 Å². The second kappa shape index (κ2) is 7.23. The van der Waals surface area contributed by atoms with Gasteiger partial charge in [0.25, 0.3) is 0 Å². The molecule has 3 rings (SSSR count). The molecule has 0 spiro atoms. The summed E-state index contributed by atoms with van der Waals surface area (Å²) in [5.41, 5.74) is 1.80. The summed E-state index contributed by atoms with van der Waals surface area (Å²) in [7, 11) is -1.51. The maximum atomic E-state index is 12.3. The number of carbonyl (C=O) groups excluding carboxylic acids is 1. The lowest BCUT2D eigenvalue weighted by Crippen LogP contribution is -2.38. The van der Waals surface area contributed by atoms with Crippen molar-refractivity contribution >= 4 is 38.4 Å². The molecule has 0 unspecified atom stereocenters. The monoisotopic (exact) mass is 396 g/mol. The predicted molar refractivity (Wildman–Crippen MR) is 106 cm³/mol. The summed E-state index contributed by atoms with van der Waals surface area (Å²) >= 11 is 1.39. The third kappa shape index (κ3) is 3.91. The number of benzene rings is 1. The fraction of sp³-hybridized carbons (Fsp3) is 0.556. The average molecular weight is 397 g/mol. The van der Waals surface area contributed by atoms with Crippen molar-refractivity contribution in [3.05, 3.63) is 23.8 Å². The van der Waals surface area contributed by atoms with Crippen LogP contribution in [0, 0.1) is 12.8 Å². The Bertz CT molecular complexity index is 849. The molecule has 1 aromatic rings. The van der Waals surface area contributed by atoms with Crippen molar-refractivity contribution in [2.75, 3.05) is 23.5 Å². The zero-order chi connectivity index (χ0) is 19.1. The van der Waals surface area contributed by atoms with Crippen molar-refractivity contribution in [2.45, 2.75) is 38.5 Å². The van der Waals surface area contributed by atoms with Gasteiger partial charge >= 0.3 is 0 Å². The highest BCUT2D eigenvalue weighted by Gasteiger charge is 2.50. The molecule has 142 valence electrons. The van der Waals surface area contributed by atoms with Gasteiger partial charge in [-0.25, -0.2) is 8.42 Å². The van der Waals surface area contributed by atoms with Crippen molar-refractivity contribution in [1.82, 2.24) is 0 Å². The van der Waals surface area contributed by atoms with Gasteiger partial charge in [-0.1, -0.05) is 31.7 Å². The summed E-state index contributed by atoms with van der Waals surface area (Å²) in [4.78, 5) is 18.5. The fourth-order valence-electron chi connectivity index (χ4n) is 3.34. The number of amides is 1. The lowest BCUT2D eigenvalue weighted by atomic mass is 10.1. The van der Waals surface area contributed by atoms with E-state index in [1.165, 1.54) is 11.8 Å². The fourth-order valence-corrected chi connectivity index (χ4v) is 7.26. The Hall–Kier alpha value is -1.54. The molecule has 2 fully saturated rings. The highest BCUT2D eigenvalue weighted by atomic mass is 32.2. The molecule has 1 amide bonds. The summed E-state index contributed by atoms with van der Waals surface area (Å²) < 4.78 is 29.8. The van der Waals surface area contributed by atoms with E-state index < -0.39 is 9.84 Å². The normalized spacial score (nSPS) is 25.7. The van der Waals surface area contributed by atoms with E-state index in [2.05, 4.69) is 4.99 Å². The maximum Gasteiger partial charge on any atom is 0.248 e. The van der Waals surface area contributed by atoms with E-state index >= 15 is 0 Å². The minimum atomic E-state index is -3.09. The number of aryl methyl sites for hydroxylation is 1. The van der Waals surface area contributed by atoms with E-state index in [1.54, 1.807) is 7.11 Å². The van der Waals surface area contributed by atoms with E-state index in [0.29, 0.717) is 17.3 Å². The topological polar surface area (TPSA) is 76.0 Å². The first-order chi connectivity index (χ1) is 12.2. The van der Waals surface area contributed by atoms with Crippen LogP contribution in [0.15, 0.2) is 23.2 Å². The molecule has 2 aliphatic rings. The molecule has 2 heterocycles. The number of hydrogen-bond acceptors (Lipinski definition) is 5. The van der Waals surface area contributed by atoms with Crippen LogP contribution in [-0.2, 0) is 14.6 Å². The van der Waals surface area contributed by atoms with Crippen molar-refractivity contribution in [2.24, 2.45) is 10.9 Å². The standard InChI is InChI=1S/C18H24N2O4S2/c1-11(2)7-17(21)19-18-20(13-8-12(3)5-6-15(13)24-4)14-9-26(22,23)10-16(14)25-18/h5-6,8,11,14,16H,7,9-10H2,1-4H3/t14-,16-/m0/s1. The van der Waals surface area contributed by atoms with Crippen LogP contribution in [0.4, 0.5) is 5.69 Å². The van der Waals surface area contributed by atoms with Crippen LogP contribution in [0.1, 0.15) is 25.8 Å². The molecule has 0 aromatic heterocycles. The highest BCUT2D eigenvalue weighted by Crippen LogP contribution is 2.44. The Morgan fingerprint density at radius 1 is 1.38 bits per heavy atom. The Morgan fingerprint density at radius 3 is 2.77 bits per heavy atom. The van der Waals surface area contributed by atoms with Crippen LogP contribution >= 0.6 is 11.8 Å². The molecule has 8 heteroatoms. The van der Waals surface area contributed by atoms with Crippen molar-refractivity contribution < 1.29 is 17.9 Å².